The fourth-order valence-electron chi connectivity index (χ4n) is 5.46. The average Bonchev–Trinajstić information content (AvgIpc) is 3.65. The van der Waals surface area contributed by atoms with E-state index in [1.165, 1.54) is 72.4 Å². The van der Waals surface area contributed by atoms with Crippen LogP contribution in [0.25, 0.3) is 72.4 Å². The van der Waals surface area contributed by atoms with E-state index in [9.17, 15) is 0 Å². The molecule has 5 aromatic carbocycles. The molecule has 3 aromatic heterocycles. The Morgan fingerprint density at radius 1 is 0.378 bits per heavy atom. The maximum absolute atomic E-state index is 2.40. The fourth-order valence-corrected chi connectivity index (χ4v) is 9.31. The second-order valence-electron chi connectivity index (χ2n) is 9.29. The molecule has 0 atom stereocenters. The molecular weight excluding hydrogens is 505 g/mol. The Morgan fingerprint density at radius 3 is 1.65 bits per heavy atom. The van der Waals surface area contributed by atoms with E-state index in [2.05, 4.69) is 121 Å². The molecule has 0 fully saturated rings. The molecule has 0 aliphatic rings. The van der Waals surface area contributed by atoms with Gasteiger partial charge in [-0.15, -0.1) is 34.0 Å². The van der Waals surface area contributed by atoms with Crippen LogP contribution in [0.5, 0.6) is 0 Å². The Bertz CT molecular complexity index is 2060. The lowest BCUT2D eigenvalue weighted by Gasteiger charge is -2.06. The number of fused-ring (bicyclic) bond motifs is 7. The minimum Gasteiger partial charge on any atom is -0.134 e. The van der Waals surface area contributed by atoms with Crippen molar-refractivity contribution < 1.29 is 0 Å². The van der Waals surface area contributed by atoms with Gasteiger partial charge in [0.1, 0.15) is 0 Å². The molecule has 0 nitrogen and oxygen atoms in total. The summed E-state index contributed by atoms with van der Waals surface area (Å²) in [6, 6.07) is 44.3. The lowest BCUT2D eigenvalue weighted by atomic mass is 9.96. The predicted octanol–water partition coefficient (Wildman–Crippen LogP) is 11.5. The van der Waals surface area contributed by atoms with Crippen LogP contribution in [-0.4, -0.2) is 0 Å². The van der Waals surface area contributed by atoms with Crippen LogP contribution in [0.4, 0.5) is 0 Å². The summed E-state index contributed by atoms with van der Waals surface area (Å²) in [5, 5.41) is 8.17. The standard InChI is InChI=1S/C34H20S3/c1-4-10-21(11-5-1)29-20-27-30-24-16-17-26-31(25(24)18-19-28(30)35-34(27)36-29)33(23-14-8-3-9-15-23)37-32(26)22-12-6-2-7-13-22/h1-20H. The van der Waals surface area contributed by atoms with Gasteiger partial charge in [0.15, 0.2) is 0 Å². The van der Waals surface area contributed by atoms with Gasteiger partial charge in [0, 0.05) is 40.9 Å². The molecule has 0 saturated carbocycles. The minimum absolute atomic E-state index is 1.28. The lowest BCUT2D eigenvalue weighted by Crippen LogP contribution is -1.80. The highest BCUT2D eigenvalue weighted by molar-refractivity contribution is 7.43. The van der Waals surface area contributed by atoms with E-state index in [4.69, 9.17) is 0 Å². The van der Waals surface area contributed by atoms with Crippen molar-refractivity contribution in [1.29, 1.82) is 0 Å². The summed E-state index contributed by atoms with van der Waals surface area (Å²) >= 11 is 5.74. The van der Waals surface area contributed by atoms with Crippen LogP contribution in [0.3, 0.4) is 0 Å². The number of hydrogen-bond acceptors (Lipinski definition) is 3. The monoisotopic (exact) mass is 524 g/mol. The average molecular weight is 525 g/mol. The van der Waals surface area contributed by atoms with Gasteiger partial charge in [-0.1, -0.05) is 109 Å². The molecule has 0 spiro atoms. The van der Waals surface area contributed by atoms with E-state index in [0.29, 0.717) is 0 Å². The van der Waals surface area contributed by atoms with Crippen LogP contribution in [0.1, 0.15) is 0 Å². The van der Waals surface area contributed by atoms with Crippen molar-refractivity contribution in [3.63, 3.8) is 0 Å². The van der Waals surface area contributed by atoms with Crippen molar-refractivity contribution in [2.24, 2.45) is 0 Å². The van der Waals surface area contributed by atoms with Crippen molar-refractivity contribution in [3.8, 4) is 31.3 Å². The van der Waals surface area contributed by atoms with Gasteiger partial charge in [0.05, 0.1) is 4.01 Å². The number of rotatable bonds is 3. The topological polar surface area (TPSA) is 0 Å². The molecular formula is C34H20S3. The first-order valence-corrected chi connectivity index (χ1v) is 14.8. The van der Waals surface area contributed by atoms with Gasteiger partial charge in [-0.2, -0.15) is 0 Å². The summed E-state index contributed by atoms with van der Waals surface area (Å²) < 4.78 is 2.77. The quantitative estimate of drug-likeness (QED) is 0.216. The third-order valence-electron chi connectivity index (χ3n) is 7.14. The Kier molecular flexibility index (Phi) is 4.84. The molecule has 8 rings (SSSR count). The summed E-state index contributed by atoms with van der Waals surface area (Å²) in [6.45, 7) is 0. The van der Waals surface area contributed by atoms with Crippen molar-refractivity contribution in [1.82, 2.24) is 0 Å². The first-order chi connectivity index (χ1) is 18.3. The zero-order valence-corrected chi connectivity index (χ0v) is 22.2. The second-order valence-corrected chi connectivity index (χ2v) is 12.7. The molecule has 0 unspecified atom stereocenters. The summed E-state index contributed by atoms with van der Waals surface area (Å²) in [4.78, 5) is 4.03. The Hall–Kier alpha value is -3.76. The second kappa shape index (κ2) is 8.39. The first kappa shape index (κ1) is 21.3. The zero-order valence-electron chi connectivity index (χ0n) is 19.8. The number of thiophene rings is 3. The summed E-state index contributed by atoms with van der Waals surface area (Å²) in [5.74, 6) is 0. The van der Waals surface area contributed by atoms with Crippen LogP contribution >= 0.6 is 34.0 Å². The van der Waals surface area contributed by atoms with Crippen molar-refractivity contribution in [2.45, 2.75) is 0 Å². The van der Waals surface area contributed by atoms with Gasteiger partial charge in [0.25, 0.3) is 0 Å². The maximum Gasteiger partial charge on any atom is 0.0884 e. The molecule has 0 aliphatic heterocycles. The molecule has 3 heteroatoms. The fraction of sp³-hybridized carbons (Fsp3) is 0. The van der Waals surface area contributed by atoms with Gasteiger partial charge in [0.2, 0.25) is 0 Å². The van der Waals surface area contributed by atoms with E-state index < -0.39 is 0 Å². The highest BCUT2D eigenvalue weighted by Gasteiger charge is 2.19. The number of benzene rings is 5. The lowest BCUT2D eigenvalue weighted by molar-refractivity contribution is 1.70. The molecule has 0 N–H and O–H groups in total. The molecule has 8 aromatic rings. The van der Waals surface area contributed by atoms with Crippen LogP contribution in [0.15, 0.2) is 121 Å². The largest absolute Gasteiger partial charge is 0.134 e. The maximum atomic E-state index is 2.40. The summed E-state index contributed by atoms with van der Waals surface area (Å²) in [6.07, 6.45) is 0. The molecule has 0 amide bonds. The van der Waals surface area contributed by atoms with Crippen LogP contribution < -0.4 is 0 Å². The normalized spacial score (nSPS) is 11.8. The third-order valence-corrected chi connectivity index (χ3v) is 10.9. The van der Waals surface area contributed by atoms with Crippen molar-refractivity contribution in [2.75, 3.05) is 0 Å². The summed E-state index contributed by atoms with van der Waals surface area (Å²) in [5.41, 5.74) is 3.86. The van der Waals surface area contributed by atoms with Crippen molar-refractivity contribution in [3.05, 3.63) is 121 Å². The van der Waals surface area contributed by atoms with E-state index in [0.717, 1.165) is 0 Å². The van der Waals surface area contributed by atoms with Crippen molar-refractivity contribution >= 4 is 75.0 Å². The van der Waals surface area contributed by atoms with Crippen LogP contribution in [0.2, 0.25) is 0 Å². The van der Waals surface area contributed by atoms with Gasteiger partial charge in [-0.05, 0) is 39.6 Å². The Labute approximate surface area is 226 Å². The molecule has 0 bridgehead atoms. The number of hydrogen-bond donors (Lipinski definition) is 0. The molecule has 0 aliphatic carbocycles. The molecule has 3 heterocycles. The highest BCUT2D eigenvalue weighted by Crippen LogP contribution is 2.50. The smallest absolute Gasteiger partial charge is 0.0884 e. The van der Waals surface area contributed by atoms with Gasteiger partial charge in [-0.25, -0.2) is 0 Å². The highest BCUT2D eigenvalue weighted by atomic mass is 32.2. The predicted molar refractivity (Wildman–Crippen MR) is 166 cm³/mol. The Morgan fingerprint density at radius 2 is 0.946 bits per heavy atom. The minimum atomic E-state index is 1.28. The van der Waals surface area contributed by atoms with E-state index in [1.807, 2.05) is 34.0 Å². The van der Waals surface area contributed by atoms with Crippen LogP contribution in [0, 0.1) is 0 Å². The molecule has 174 valence electrons. The van der Waals surface area contributed by atoms with Gasteiger partial charge in [-0.3, -0.25) is 0 Å². The SMILES string of the molecule is c1ccc(-c2cc3c(s2)sc2ccc4c(ccc5c(-c6ccccc6)sc(-c6ccccc6)c54)c23)cc1. The van der Waals surface area contributed by atoms with E-state index in [-0.39, 0.29) is 0 Å². The first-order valence-electron chi connectivity index (χ1n) is 12.4. The zero-order chi connectivity index (χ0) is 24.3. The molecule has 0 radical (unpaired) electrons. The summed E-state index contributed by atoms with van der Waals surface area (Å²) in [7, 11) is 0. The third kappa shape index (κ3) is 3.32. The molecule has 37 heavy (non-hydrogen) atoms. The van der Waals surface area contributed by atoms with E-state index in [1.54, 1.807) is 0 Å². The molecule has 0 saturated heterocycles. The van der Waals surface area contributed by atoms with Gasteiger partial charge < -0.3 is 0 Å². The van der Waals surface area contributed by atoms with E-state index >= 15 is 0 Å². The van der Waals surface area contributed by atoms with Crippen LogP contribution in [-0.2, 0) is 0 Å². The van der Waals surface area contributed by atoms with Gasteiger partial charge >= 0.3 is 0 Å². The Balaban J connectivity index is 1.47.